The number of fused-ring (bicyclic) bond motifs is 1. The van der Waals surface area contributed by atoms with Gasteiger partial charge in [-0.3, -0.25) is 0 Å². The molecule has 0 bridgehead atoms. The van der Waals surface area contributed by atoms with Crippen molar-refractivity contribution in [3.05, 3.63) is 53.9 Å². The highest BCUT2D eigenvalue weighted by Gasteiger charge is 2.29. The zero-order valence-corrected chi connectivity index (χ0v) is 16.3. The minimum atomic E-state index is -2.85. The zero-order chi connectivity index (χ0) is 18.1. The van der Waals surface area contributed by atoms with Gasteiger partial charge in [-0.15, -0.1) is 10.2 Å². The Morgan fingerprint density at radius 2 is 1.96 bits per heavy atom. The topological polar surface area (TPSA) is 64.8 Å². The molecule has 0 unspecified atom stereocenters. The number of hydrogen-bond acceptors (Lipinski definition) is 5. The first-order valence-electron chi connectivity index (χ1n) is 8.70. The van der Waals surface area contributed by atoms with Gasteiger partial charge in [0, 0.05) is 19.2 Å². The van der Waals surface area contributed by atoms with Crippen LogP contribution < -0.4 is 0 Å². The second-order valence-corrected chi connectivity index (χ2v) is 10.0. The molecule has 0 radical (unpaired) electrons. The number of thioether (sulfide) groups is 1. The van der Waals surface area contributed by atoms with Crippen LogP contribution in [0.15, 0.2) is 47.6 Å². The molecule has 0 spiro atoms. The molecule has 1 atom stereocenters. The number of rotatable bonds is 5. The van der Waals surface area contributed by atoms with Gasteiger partial charge in [0.15, 0.2) is 15.0 Å². The number of benzene rings is 2. The first kappa shape index (κ1) is 17.5. The molecule has 1 saturated heterocycles. The van der Waals surface area contributed by atoms with Gasteiger partial charge in [-0.05, 0) is 28.7 Å². The van der Waals surface area contributed by atoms with Crippen LogP contribution in [0.2, 0.25) is 0 Å². The monoisotopic (exact) mass is 387 g/mol. The van der Waals surface area contributed by atoms with E-state index in [4.69, 9.17) is 0 Å². The zero-order valence-electron chi connectivity index (χ0n) is 14.6. The van der Waals surface area contributed by atoms with E-state index in [9.17, 15) is 8.42 Å². The van der Waals surface area contributed by atoms with Crippen molar-refractivity contribution in [2.75, 3.05) is 11.5 Å². The molecule has 136 valence electrons. The molecule has 1 fully saturated rings. The molecule has 3 aromatic rings. The third-order valence-electron chi connectivity index (χ3n) is 4.96. The summed E-state index contributed by atoms with van der Waals surface area (Å²) in [5.41, 5.74) is 1.28. The Morgan fingerprint density at radius 3 is 2.77 bits per heavy atom. The van der Waals surface area contributed by atoms with Gasteiger partial charge >= 0.3 is 0 Å². The summed E-state index contributed by atoms with van der Waals surface area (Å²) in [6.45, 7) is 0. The molecule has 7 heteroatoms. The molecule has 4 rings (SSSR count). The summed E-state index contributed by atoms with van der Waals surface area (Å²) < 4.78 is 25.3. The first-order valence-corrected chi connectivity index (χ1v) is 11.5. The van der Waals surface area contributed by atoms with Crippen molar-refractivity contribution < 1.29 is 8.42 Å². The average molecular weight is 388 g/mol. The van der Waals surface area contributed by atoms with E-state index in [0.29, 0.717) is 12.2 Å². The SMILES string of the molecule is Cn1c(C[C@H]2CCS(=O)(=O)C2)nnc1SCc1cccc2ccccc12. The second kappa shape index (κ2) is 7.04. The number of aromatic nitrogens is 3. The van der Waals surface area contributed by atoms with Crippen LogP contribution in [0, 0.1) is 5.92 Å². The Hall–Kier alpha value is -1.86. The lowest BCUT2D eigenvalue weighted by molar-refractivity contribution is 0.552. The van der Waals surface area contributed by atoms with E-state index in [-0.39, 0.29) is 11.7 Å². The second-order valence-electron chi connectivity index (χ2n) is 6.86. The van der Waals surface area contributed by atoms with Gasteiger partial charge in [-0.25, -0.2) is 8.42 Å². The van der Waals surface area contributed by atoms with Gasteiger partial charge in [0.25, 0.3) is 0 Å². The smallest absolute Gasteiger partial charge is 0.191 e. The Labute approximate surface area is 157 Å². The summed E-state index contributed by atoms with van der Waals surface area (Å²) in [6.07, 6.45) is 1.41. The van der Waals surface area contributed by atoms with E-state index in [1.807, 2.05) is 11.6 Å². The fourth-order valence-electron chi connectivity index (χ4n) is 3.50. The van der Waals surface area contributed by atoms with Crippen molar-refractivity contribution in [1.29, 1.82) is 0 Å². The van der Waals surface area contributed by atoms with Crippen LogP contribution in [-0.4, -0.2) is 34.7 Å². The lowest BCUT2D eigenvalue weighted by Gasteiger charge is -2.08. The highest BCUT2D eigenvalue weighted by atomic mass is 32.2. The molecule has 2 heterocycles. The third kappa shape index (κ3) is 3.64. The molecule has 5 nitrogen and oxygen atoms in total. The van der Waals surface area contributed by atoms with Gasteiger partial charge < -0.3 is 4.57 Å². The molecule has 0 amide bonds. The van der Waals surface area contributed by atoms with E-state index in [1.54, 1.807) is 11.8 Å². The van der Waals surface area contributed by atoms with Crippen LogP contribution in [0.3, 0.4) is 0 Å². The predicted octanol–water partition coefficient (Wildman–Crippen LogP) is 3.24. The van der Waals surface area contributed by atoms with Crippen molar-refractivity contribution in [3.63, 3.8) is 0 Å². The Bertz CT molecular complexity index is 1040. The van der Waals surface area contributed by atoms with Crippen molar-refractivity contribution >= 4 is 32.4 Å². The summed E-state index contributed by atoms with van der Waals surface area (Å²) in [4.78, 5) is 0. The fourth-order valence-corrected chi connectivity index (χ4v) is 6.30. The molecule has 26 heavy (non-hydrogen) atoms. The van der Waals surface area contributed by atoms with Crippen molar-refractivity contribution in [2.24, 2.45) is 13.0 Å². The molecule has 0 saturated carbocycles. The van der Waals surface area contributed by atoms with Crippen LogP contribution in [-0.2, 0) is 29.1 Å². The molecule has 0 aliphatic carbocycles. The van der Waals surface area contributed by atoms with E-state index < -0.39 is 9.84 Å². The normalized spacial score (nSPS) is 19.2. The molecule has 1 aromatic heterocycles. The molecule has 1 aliphatic heterocycles. The maximum Gasteiger partial charge on any atom is 0.191 e. The summed E-state index contributed by atoms with van der Waals surface area (Å²) in [7, 11) is -0.889. The van der Waals surface area contributed by atoms with E-state index >= 15 is 0 Å². The van der Waals surface area contributed by atoms with E-state index in [2.05, 4.69) is 52.7 Å². The van der Waals surface area contributed by atoms with E-state index in [1.165, 1.54) is 16.3 Å². The van der Waals surface area contributed by atoms with Gasteiger partial charge in [0.05, 0.1) is 11.5 Å². The van der Waals surface area contributed by atoms with Crippen LogP contribution >= 0.6 is 11.8 Å². The average Bonchev–Trinajstić information content (AvgIpc) is 3.15. The quantitative estimate of drug-likeness (QED) is 0.629. The lowest BCUT2D eigenvalue weighted by Crippen LogP contribution is -2.11. The van der Waals surface area contributed by atoms with Crippen LogP contribution in [0.1, 0.15) is 17.8 Å². The van der Waals surface area contributed by atoms with Gasteiger partial charge in [0.1, 0.15) is 5.82 Å². The van der Waals surface area contributed by atoms with Crippen molar-refractivity contribution in [3.8, 4) is 0 Å². The highest BCUT2D eigenvalue weighted by Crippen LogP contribution is 2.28. The van der Waals surface area contributed by atoms with Crippen LogP contribution in [0.4, 0.5) is 0 Å². The maximum absolute atomic E-state index is 11.6. The molecule has 2 aromatic carbocycles. The van der Waals surface area contributed by atoms with Gasteiger partial charge in [-0.2, -0.15) is 0 Å². The first-order chi connectivity index (χ1) is 12.5. The van der Waals surface area contributed by atoms with Crippen molar-refractivity contribution in [2.45, 2.75) is 23.8 Å². The van der Waals surface area contributed by atoms with Crippen LogP contribution in [0.25, 0.3) is 10.8 Å². The predicted molar refractivity (Wildman–Crippen MR) is 105 cm³/mol. The lowest BCUT2D eigenvalue weighted by atomic mass is 10.1. The standard InChI is InChI=1S/C19H21N3O2S2/c1-22-18(11-14-9-10-26(23,24)13-14)20-21-19(22)25-12-16-7-4-6-15-5-2-3-8-17(15)16/h2-8,14H,9-13H2,1H3/t14-/m1/s1. The minimum Gasteiger partial charge on any atom is -0.309 e. The summed E-state index contributed by atoms with van der Waals surface area (Å²) in [6, 6.07) is 14.7. The molecule has 1 aliphatic rings. The summed E-state index contributed by atoms with van der Waals surface area (Å²) >= 11 is 1.66. The van der Waals surface area contributed by atoms with Gasteiger partial charge in [-0.1, -0.05) is 54.2 Å². The largest absolute Gasteiger partial charge is 0.309 e. The molecular formula is C19H21N3O2S2. The summed E-state index contributed by atoms with van der Waals surface area (Å²) in [5.74, 6) is 2.44. The number of nitrogens with zero attached hydrogens (tertiary/aromatic N) is 3. The summed E-state index contributed by atoms with van der Waals surface area (Å²) in [5, 5.41) is 12.0. The maximum atomic E-state index is 11.6. The minimum absolute atomic E-state index is 0.166. The highest BCUT2D eigenvalue weighted by molar-refractivity contribution is 7.98. The van der Waals surface area contributed by atoms with E-state index in [0.717, 1.165) is 23.2 Å². The molecule has 0 N–H and O–H groups in total. The Morgan fingerprint density at radius 1 is 1.15 bits per heavy atom. The number of sulfone groups is 1. The fraction of sp³-hybridized carbons (Fsp3) is 0.368. The Kier molecular flexibility index (Phi) is 4.75. The third-order valence-corrected chi connectivity index (χ3v) is 7.87. The van der Waals surface area contributed by atoms with Crippen molar-refractivity contribution in [1.82, 2.24) is 14.8 Å². The Balaban J connectivity index is 1.47. The number of hydrogen-bond donors (Lipinski definition) is 0. The molecular weight excluding hydrogens is 366 g/mol. The van der Waals surface area contributed by atoms with Gasteiger partial charge in [0.2, 0.25) is 0 Å². The van der Waals surface area contributed by atoms with Crippen LogP contribution in [0.5, 0.6) is 0 Å².